The smallest absolute Gasteiger partial charge is 0.335 e. The number of aromatic carboxylic acids is 1. The first-order chi connectivity index (χ1) is 10.1. The fourth-order valence-corrected chi connectivity index (χ4v) is 2.30. The number of carboxylic acids is 1. The highest BCUT2D eigenvalue weighted by molar-refractivity contribution is 7.71. The molecule has 0 atom stereocenters. The van der Waals surface area contributed by atoms with Crippen LogP contribution in [0.2, 0.25) is 0 Å². The minimum absolute atomic E-state index is 0.290. The predicted octanol–water partition coefficient (Wildman–Crippen LogP) is 3.33. The summed E-state index contributed by atoms with van der Waals surface area (Å²) < 4.78 is 0.583. The van der Waals surface area contributed by atoms with Gasteiger partial charge in [0.05, 0.1) is 5.56 Å². The Morgan fingerprint density at radius 1 is 1.38 bits per heavy atom. The summed E-state index contributed by atoms with van der Waals surface area (Å²) in [5.74, 6) is 1.40. The third-order valence-corrected chi connectivity index (χ3v) is 3.62. The zero-order valence-corrected chi connectivity index (χ0v) is 12.1. The molecule has 21 heavy (non-hydrogen) atoms. The zero-order chi connectivity index (χ0) is 14.8. The van der Waals surface area contributed by atoms with Crippen molar-refractivity contribution in [2.75, 3.05) is 5.32 Å². The Labute approximate surface area is 127 Å². The highest BCUT2D eigenvalue weighted by Gasteiger charge is 2.26. The average Bonchev–Trinajstić information content (AvgIpc) is 3.29. The van der Waals surface area contributed by atoms with Crippen molar-refractivity contribution < 1.29 is 9.90 Å². The molecule has 1 fully saturated rings. The van der Waals surface area contributed by atoms with Crippen molar-refractivity contribution in [3.05, 3.63) is 51.9 Å². The lowest BCUT2D eigenvalue weighted by molar-refractivity contribution is 0.0697. The van der Waals surface area contributed by atoms with Crippen molar-refractivity contribution in [3.8, 4) is 0 Å². The number of hydrogen-bond acceptors (Lipinski definition) is 4. The van der Waals surface area contributed by atoms with Crippen molar-refractivity contribution in [2.24, 2.45) is 0 Å². The third-order valence-electron chi connectivity index (χ3n) is 3.41. The normalized spacial score (nSPS) is 13.9. The molecule has 1 aliphatic rings. The molecule has 6 heteroatoms. The van der Waals surface area contributed by atoms with E-state index in [0.29, 0.717) is 17.1 Å². The van der Waals surface area contributed by atoms with E-state index in [-0.39, 0.29) is 5.56 Å². The summed E-state index contributed by atoms with van der Waals surface area (Å²) in [5, 5.41) is 12.1. The van der Waals surface area contributed by atoms with E-state index in [1.807, 2.05) is 0 Å². The van der Waals surface area contributed by atoms with E-state index in [0.717, 1.165) is 17.2 Å². The molecule has 1 saturated carbocycles. The maximum atomic E-state index is 10.8. The molecule has 0 amide bonds. The van der Waals surface area contributed by atoms with Crippen LogP contribution in [0.1, 0.15) is 40.5 Å². The fraction of sp³-hybridized carbons (Fsp3) is 0.267. The molecule has 0 spiro atoms. The van der Waals surface area contributed by atoms with Crippen molar-refractivity contribution in [3.63, 3.8) is 0 Å². The molecule has 108 valence electrons. The molecule has 1 heterocycles. The largest absolute Gasteiger partial charge is 0.478 e. The van der Waals surface area contributed by atoms with Crippen LogP contribution in [0.5, 0.6) is 0 Å². The summed E-state index contributed by atoms with van der Waals surface area (Å²) in [6, 6.07) is 8.60. The molecular formula is C15H15N3O2S. The van der Waals surface area contributed by atoms with Gasteiger partial charge in [-0.3, -0.25) is 0 Å². The van der Waals surface area contributed by atoms with Crippen LogP contribution < -0.4 is 5.32 Å². The number of carboxylic acid groups (broad SMARTS) is 1. The first-order valence-corrected chi connectivity index (χ1v) is 7.20. The van der Waals surface area contributed by atoms with Gasteiger partial charge >= 0.3 is 5.97 Å². The lowest BCUT2D eigenvalue weighted by Gasteiger charge is -2.08. The van der Waals surface area contributed by atoms with E-state index in [9.17, 15) is 4.79 Å². The monoisotopic (exact) mass is 301 g/mol. The predicted molar refractivity (Wildman–Crippen MR) is 82.1 cm³/mol. The van der Waals surface area contributed by atoms with Crippen LogP contribution in [-0.2, 0) is 6.54 Å². The molecule has 1 aromatic carbocycles. The number of carbonyl (C=O) groups is 1. The van der Waals surface area contributed by atoms with Crippen LogP contribution in [0.3, 0.4) is 0 Å². The van der Waals surface area contributed by atoms with E-state index in [2.05, 4.69) is 15.3 Å². The van der Waals surface area contributed by atoms with Gasteiger partial charge in [0.25, 0.3) is 0 Å². The Balaban J connectivity index is 1.69. The van der Waals surface area contributed by atoms with Crippen molar-refractivity contribution in [2.45, 2.75) is 25.3 Å². The number of nitrogens with one attached hydrogen (secondary N) is 2. The molecule has 1 aromatic heterocycles. The first-order valence-electron chi connectivity index (χ1n) is 6.79. The summed E-state index contributed by atoms with van der Waals surface area (Å²) in [7, 11) is 0. The summed E-state index contributed by atoms with van der Waals surface area (Å²) in [5.41, 5.74) is 1.29. The second kappa shape index (κ2) is 5.65. The van der Waals surface area contributed by atoms with E-state index in [1.54, 1.807) is 30.3 Å². The summed E-state index contributed by atoms with van der Waals surface area (Å²) >= 11 is 5.17. The van der Waals surface area contributed by atoms with Gasteiger partial charge in [-0.25, -0.2) is 9.78 Å². The number of anilines is 1. The molecule has 0 saturated heterocycles. The van der Waals surface area contributed by atoms with Crippen LogP contribution in [0, 0.1) is 4.64 Å². The summed E-state index contributed by atoms with van der Waals surface area (Å²) in [6.07, 6.45) is 2.33. The molecule has 3 rings (SSSR count). The van der Waals surface area contributed by atoms with E-state index in [1.165, 1.54) is 12.8 Å². The number of nitrogens with zero attached hydrogens (tertiary/aromatic N) is 1. The van der Waals surface area contributed by atoms with Crippen LogP contribution in [0.25, 0.3) is 0 Å². The second-order valence-corrected chi connectivity index (χ2v) is 5.57. The lowest BCUT2D eigenvalue weighted by atomic mass is 10.1. The molecule has 1 aliphatic carbocycles. The first kappa shape index (κ1) is 13.8. The van der Waals surface area contributed by atoms with E-state index in [4.69, 9.17) is 17.3 Å². The molecule has 0 aliphatic heterocycles. The maximum absolute atomic E-state index is 10.8. The number of aromatic nitrogens is 2. The summed E-state index contributed by atoms with van der Waals surface area (Å²) in [6.45, 7) is 0.597. The van der Waals surface area contributed by atoms with Gasteiger partial charge in [0.15, 0.2) is 0 Å². The van der Waals surface area contributed by atoms with Gasteiger partial charge in [-0.2, -0.15) is 0 Å². The third kappa shape index (κ3) is 3.46. The molecule has 0 radical (unpaired) electrons. The van der Waals surface area contributed by atoms with Crippen molar-refractivity contribution in [1.82, 2.24) is 9.97 Å². The maximum Gasteiger partial charge on any atom is 0.335 e. The van der Waals surface area contributed by atoms with Crippen LogP contribution in [0.4, 0.5) is 5.82 Å². The van der Waals surface area contributed by atoms with Crippen LogP contribution >= 0.6 is 12.2 Å². The number of aromatic amines is 1. The minimum Gasteiger partial charge on any atom is -0.478 e. The Morgan fingerprint density at radius 3 is 2.71 bits per heavy atom. The number of rotatable bonds is 5. The van der Waals surface area contributed by atoms with Crippen molar-refractivity contribution in [1.29, 1.82) is 0 Å². The van der Waals surface area contributed by atoms with Crippen LogP contribution in [0.15, 0.2) is 30.3 Å². The van der Waals surface area contributed by atoms with Gasteiger partial charge in [0.2, 0.25) is 0 Å². The number of hydrogen-bond donors (Lipinski definition) is 3. The van der Waals surface area contributed by atoms with Gasteiger partial charge in [-0.05, 0) is 30.5 Å². The van der Waals surface area contributed by atoms with E-state index < -0.39 is 5.97 Å². The molecule has 2 aromatic rings. The lowest BCUT2D eigenvalue weighted by Crippen LogP contribution is -2.04. The van der Waals surface area contributed by atoms with E-state index >= 15 is 0 Å². The zero-order valence-electron chi connectivity index (χ0n) is 11.3. The minimum atomic E-state index is -0.915. The molecular weight excluding hydrogens is 286 g/mol. The molecule has 3 N–H and O–H groups in total. The average molecular weight is 301 g/mol. The van der Waals surface area contributed by atoms with Crippen molar-refractivity contribution >= 4 is 24.0 Å². The highest BCUT2D eigenvalue weighted by Crippen LogP contribution is 2.38. The highest BCUT2D eigenvalue weighted by atomic mass is 32.1. The Bertz CT molecular complexity index is 720. The SMILES string of the molecule is O=C(O)c1ccc(CNc2cc(=S)nc(C3CC3)[nH]2)cc1. The molecule has 0 unspecified atom stereocenters. The Morgan fingerprint density at radius 2 is 2.10 bits per heavy atom. The molecule has 0 bridgehead atoms. The van der Waals surface area contributed by atoms with Gasteiger partial charge in [-0.1, -0.05) is 24.4 Å². The Hall–Kier alpha value is -2.21. The van der Waals surface area contributed by atoms with Gasteiger partial charge in [-0.15, -0.1) is 0 Å². The summed E-state index contributed by atoms with van der Waals surface area (Å²) in [4.78, 5) is 18.4. The second-order valence-electron chi connectivity index (χ2n) is 5.15. The van der Waals surface area contributed by atoms with Crippen LogP contribution in [-0.4, -0.2) is 21.0 Å². The standard InChI is InChI=1S/C15H15N3O2S/c19-15(20)11-3-1-9(2-4-11)8-16-12-7-13(21)18-14(17-12)10-5-6-10/h1-4,7,10H,5-6,8H2,(H,19,20)(H2,16,17,18,21). The Kier molecular flexibility index (Phi) is 3.70. The fourth-order valence-electron chi connectivity index (χ4n) is 2.08. The van der Waals surface area contributed by atoms with Gasteiger partial charge < -0.3 is 15.4 Å². The number of H-pyrrole nitrogens is 1. The topological polar surface area (TPSA) is 78.0 Å². The quantitative estimate of drug-likeness (QED) is 0.738. The molecule has 5 nitrogen and oxygen atoms in total. The van der Waals surface area contributed by atoms with Gasteiger partial charge in [0.1, 0.15) is 16.3 Å². The number of benzene rings is 1. The van der Waals surface area contributed by atoms with Gasteiger partial charge in [0, 0.05) is 18.5 Å².